The van der Waals surface area contributed by atoms with Crippen LogP contribution in [0.2, 0.25) is 0 Å². The van der Waals surface area contributed by atoms with E-state index < -0.39 is 5.97 Å². The van der Waals surface area contributed by atoms with E-state index in [1.54, 1.807) is 17.4 Å². The molecule has 3 rings (SSSR count). The zero-order valence-corrected chi connectivity index (χ0v) is 16.3. The lowest BCUT2D eigenvalue weighted by Gasteiger charge is -2.05. The standard InChI is InChI=1S/C19H18N2O3S2/c1-12-10-26-19(20-12)21-13(2)8-16(14(21)3)17(22)9-24-18(23)5-4-15-6-7-25-11-15/h4-8,10-11H,9H2,1-3H3/b5-4+. The summed E-state index contributed by atoms with van der Waals surface area (Å²) in [5.74, 6) is -0.760. The number of aromatic nitrogens is 2. The Balaban J connectivity index is 1.68. The Morgan fingerprint density at radius 3 is 2.73 bits per heavy atom. The summed E-state index contributed by atoms with van der Waals surface area (Å²) >= 11 is 3.07. The third-order valence-electron chi connectivity index (χ3n) is 3.83. The molecular weight excluding hydrogens is 368 g/mol. The van der Waals surface area contributed by atoms with Gasteiger partial charge in [-0.2, -0.15) is 11.3 Å². The molecule has 134 valence electrons. The molecule has 0 N–H and O–H groups in total. The number of rotatable bonds is 6. The zero-order valence-electron chi connectivity index (χ0n) is 14.7. The SMILES string of the molecule is Cc1csc(-n2c(C)cc(C(=O)COC(=O)/C=C/c3ccsc3)c2C)n1. The van der Waals surface area contributed by atoms with E-state index in [1.807, 2.05) is 53.6 Å². The van der Waals surface area contributed by atoms with E-state index in [4.69, 9.17) is 4.74 Å². The molecule has 0 aromatic carbocycles. The van der Waals surface area contributed by atoms with Crippen LogP contribution in [0.4, 0.5) is 0 Å². The Bertz CT molecular complexity index is 965. The van der Waals surface area contributed by atoms with E-state index in [9.17, 15) is 9.59 Å². The van der Waals surface area contributed by atoms with E-state index in [0.29, 0.717) is 5.56 Å². The Kier molecular flexibility index (Phi) is 5.49. The van der Waals surface area contributed by atoms with Crippen molar-refractivity contribution < 1.29 is 14.3 Å². The fraction of sp³-hybridized carbons (Fsp3) is 0.211. The minimum Gasteiger partial charge on any atom is -0.454 e. The largest absolute Gasteiger partial charge is 0.454 e. The van der Waals surface area contributed by atoms with Crippen LogP contribution in [0.5, 0.6) is 0 Å². The molecule has 3 heterocycles. The molecule has 3 aromatic heterocycles. The van der Waals surface area contributed by atoms with E-state index in [1.165, 1.54) is 17.4 Å². The van der Waals surface area contributed by atoms with E-state index in [-0.39, 0.29) is 12.4 Å². The maximum absolute atomic E-state index is 12.5. The maximum Gasteiger partial charge on any atom is 0.331 e. The first-order valence-electron chi connectivity index (χ1n) is 7.97. The van der Waals surface area contributed by atoms with Crippen LogP contribution in [0.1, 0.15) is 33.0 Å². The Morgan fingerprint density at radius 1 is 1.27 bits per heavy atom. The van der Waals surface area contributed by atoms with Gasteiger partial charge in [0.2, 0.25) is 5.78 Å². The summed E-state index contributed by atoms with van der Waals surface area (Å²) in [4.78, 5) is 28.7. The molecule has 7 heteroatoms. The molecule has 0 fully saturated rings. The smallest absolute Gasteiger partial charge is 0.331 e. The lowest BCUT2D eigenvalue weighted by Crippen LogP contribution is -2.13. The van der Waals surface area contributed by atoms with Crippen molar-refractivity contribution in [1.82, 2.24) is 9.55 Å². The second-order valence-electron chi connectivity index (χ2n) is 5.81. The predicted molar refractivity (Wildman–Crippen MR) is 104 cm³/mol. The number of carbonyl (C=O) groups is 2. The highest BCUT2D eigenvalue weighted by Gasteiger charge is 2.19. The van der Waals surface area contributed by atoms with Gasteiger partial charge >= 0.3 is 5.97 Å². The Labute approximate surface area is 159 Å². The Hall–Kier alpha value is -2.51. The molecular formula is C19H18N2O3S2. The average Bonchev–Trinajstić information content (AvgIpc) is 3.32. The minimum absolute atomic E-state index is 0.227. The van der Waals surface area contributed by atoms with Gasteiger partial charge in [0.25, 0.3) is 0 Å². The first-order chi connectivity index (χ1) is 12.5. The summed E-state index contributed by atoms with van der Waals surface area (Å²) in [5.41, 5.74) is 4.14. The molecule has 0 spiro atoms. The van der Waals surface area contributed by atoms with Gasteiger partial charge < -0.3 is 4.74 Å². The van der Waals surface area contributed by atoms with Crippen LogP contribution in [0.25, 0.3) is 11.2 Å². The molecule has 0 aliphatic heterocycles. The van der Waals surface area contributed by atoms with Crippen molar-refractivity contribution in [2.24, 2.45) is 0 Å². The average molecular weight is 386 g/mol. The molecule has 0 bridgehead atoms. The summed E-state index contributed by atoms with van der Waals surface area (Å²) in [5, 5.41) is 6.64. The minimum atomic E-state index is -0.533. The van der Waals surface area contributed by atoms with Crippen molar-refractivity contribution in [3.05, 3.63) is 62.6 Å². The summed E-state index contributed by atoms with van der Waals surface area (Å²) in [6.45, 7) is 5.45. The van der Waals surface area contributed by atoms with Crippen LogP contribution < -0.4 is 0 Å². The lowest BCUT2D eigenvalue weighted by atomic mass is 10.1. The highest BCUT2D eigenvalue weighted by Crippen LogP contribution is 2.23. The number of thiophene rings is 1. The number of esters is 1. The number of thiazole rings is 1. The number of Topliss-reactive ketones (excluding diaryl/α,β-unsaturated/α-hetero) is 1. The molecule has 0 atom stereocenters. The fourth-order valence-corrected chi connectivity index (χ4v) is 4.12. The summed E-state index contributed by atoms with van der Waals surface area (Å²) in [6.07, 6.45) is 3.00. The van der Waals surface area contributed by atoms with Gasteiger partial charge in [0.15, 0.2) is 11.7 Å². The topological polar surface area (TPSA) is 61.2 Å². The van der Waals surface area contributed by atoms with Crippen LogP contribution in [0.3, 0.4) is 0 Å². The van der Waals surface area contributed by atoms with E-state index in [0.717, 1.165) is 27.8 Å². The van der Waals surface area contributed by atoms with Crippen LogP contribution in [-0.4, -0.2) is 27.9 Å². The maximum atomic E-state index is 12.5. The number of aryl methyl sites for hydroxylation is 2. The monoisotopic (exact) mass is 386 g/mol. The number of carbonyl (C=O) groups excluding carboxylic acids is 2. The predicted octanol–water partition coefficient (Wildman–Crippen LogP) is 4.36. The summed E-state index contributed by atoms with van der Waals surface area (Å²) < 4.78 is 7.02. The molecule has 0 saturated carbocycles. The Morgan fingerprint density at radius 2 is 2.08 bits per heavy atom. The first-order valence-corrected chi connectivity index (χ1v) is 9.79. The quantitative estimate of drug-likeness (QED) is 0.359. The molecule has 3 aromatic rings. The van der Waals surface area contributed by atoms with E-state index in [2.05, 4.69) is 4.98 Å². The highest BCUT2D eigenvalue weighted by atomic mass is 32.1. The van der Waals surface area contributed by atoms with Crippen LogP contribution >= 0.6 is 22.7 Å². The number of nitrogens with zero attached hydrogens (tertiary/aromatic N) is 2. The molecule has 5 nitrogen and oxygen atoms in total. The van der Waals surface area contributed by atoms with Gasteiger partial charge in [-0.05, 0) is 55.3 Å². The highest BCUT2D eigenvalue weighted by molar-refractivity contribution is 7.12. The van der Waals surface area contributed by atoms with Crippen molar-refractivity contribution in [2.45, 2.75) is 20.8 Å². The van der Waals surface area contributed by atoms with Gasteiger partial charge in [-0.3, -0.25) is 9.36 Å². The molecule has 0 aliphatic rings. The van der Waals surface area contributed by atoms with Gasteiger partial charge in [0.05, 0.1) is 5.69 Å². The number of ether oxygens (including phenoxy) is 1. The third-order valence-corrected chi connectivity index (χ3v) is 5.48. The fourth-order valence-electron chi connectivity index (χ4n) is 2.58. The normalized spacial score (nSPS) is 11.2. The summed E-state index contributed by atoms with van der Waals surface area (Å²) in [6, 6.07) is 3.71. The molecule has 0 unspecified atom stereocenters. The first kappa shape index (κ1) is 18.3. The molecule has 0 saturated heterocycles. The van der Waals surface area contributed by atoms with Gasteiger partial charge in [-0.1, -0.05) is 0 Å². The molecule has 26 heavy (non-hydrogen) atoms. The third kappa shape index (κ3) is 4.00. The molecule has 0 radical (unpaired) electrons. The molecule has 0 aliphatic carbocycles. The number of hydrogen-bond donors (Lipinski definition) is 0. The van der Waals surface area contributed by atoms with Gasteiger partial charge in [0, 0.05) is 28.4 Å². The second kappa shape index (κ2) is 7.80. The van der Waals surface area contributed by atoms with Gasteiger partial charge in [-0.15, -0.1) is 11.3 Å². The van der Waals surface area contributed by atoms with Crippen LogP contribution in [0.15, 0.2) is 34.3 Å². The lowest BCUT2D eigenvalue weighted by molar-refractivity contribution is -0.136. The number of ketones is 1. The molecule has 0 amide bonds. The van der Waals surface area contributed by atoms with Crippen molar-refractivity contribution in [3.8, 4) is 5.13 Å². The van der Waals surface area contributed by atoms with Gasteiger partial charge in [0.1, 0.15) is 0 Å². The van der Waals surface area contributed by atoms with Crippen molar-refractivity contribution in [3.63, 3.8) is 0 Å². The van der Waals surface area contributed by atoms with Crippen molar-refractivity contribution in [1.29, 1.82) is 0 Å². The van der Waals surface area contributed by atoms with Crippen LogP contribution in [-0.2, 0) is 9.53 Å². The van der Waals surface area contributed by atoms with Crippen molar-refractivity contribution in [2.75, 3.05) is 6.61 Å². The van der Waals surface area contributed by atoms with E-state index >= 15 is 0 Å². The summed E-state index contributed by atoms with van der Waals surface area (Å²) in [7, 11) is 0. The van der Waals surface area contributed by atoms with Crippen molar-refractivity contribution >= 4 is 40.5 Å². The van der Waals surface area contributed by atoms with Gasteiger partial charge in [-0.25, -0.2) is 9.78 Å². The van der Waals surface area contributed by atoms with Crippen LogP contribution in [0, 0.1) is 20.8 Å². The second-order valence-corrected chi connectivity index (χ2v) is 7.43. The number of hydrogen-bond acceptors (Lipinski definition) is 6. The zero-order chi connectivity index (χ0) is 18.7.